The van der Waals surface area contributed by atoms with Crippen LogP contribution in [0.15, 0.2) is 67.1 Å². The highest BCUT2D eigenvalue weighted by Gasteiger charge is 2.14. The van der Waals surface area contributed by atoms with E-state index in [-0.39, 0.29) is 11.3 Å². The molecule has 2 heterocycles. The summed E-state index contributed by atoms with van der Waals surface area (Å²) in [5, 5.41) is 6.12. The van der Waals surface area contributed by atoms with E-state index in [4.69, 9.17) is 0 Å². The Morgan fingerprint density at radius 3 is 2.26 bits per heavy atom. The van der Waals surface area contributed by atoms with E-state index < -0.39 is 0 Å². The van der Waals surface area contributed by atoms with Gasteiger partial charge in [-0.05, 0) is 52.9 Å². The second-order valence-electron chi connectivity index (χ2n) is 7.42. The Morgan fingerprint density at radius 1 is 0.963 bits per heavy atom. The first-order valence-corrected chi connectivity index (χ1v) is 8.92. The Morgan fingerprint density at radius 2 is 1.67 bits per heavy atom. The van der Waals surface area contributed by atoms with E-state index in [1.165, 1.54) is 5.56 Å². The lowest BCUT2D eigenvalue weighted by Crippen LogP contribution is -2.15. The Hall–Kier alpha value is -3.21. The smallest absolute Gasteiger partial charge is 0.256 e. The molecule has 0 spiro atoms. The van der Waals surface area contributed by atoms with Crippen LogP contribution >= 0.6 is 0 Å². The number of carbonyl (C=O) groups excluding carboxylic acids is 1. The van der Waals surface area contributed by atoms with Gasteiger partial charge >= 0.3 is 0 Å². The molecule has 3 rings (SSSR count). The van der Waals surface area contributed by atoms with Crippen LogP contribution in [0.4, 0.5) is 11.5 Å². The zero-order chi connectivity index (χ0) is 19.3. The van der Waals surface area contributed by atoms with Gasteiger partial charge in [-0.1, -0.05) is 32.9 Å². The van der Waals surface area contributed by atoms with Crippen LogP contribution in [0.2, 0.25) is 0 Å². The van der Waals surface area contributed by atoms with Gasteiger partial charge in [0.05, 0.1) is 11.9 Å². The molecule has 0 aliphatic carbocycles. The molecule has 1 aromatic carbocycles. The molecule has 0 saturated heterocycles. The molecule has 0 saturated carbocycles. The van der Waals surface area contributed by atoms with E-state index in [1.54, 1.807) is 24.7 Å². The highest BCUT2D eigenvalue weighted by atomic mass is 16.1. The maximum atomic E-state index is 12.4. The summed E-state index contributed by atoms with van der Waals surface area (Å²) in [5.74, 6) is 0.356. The van der Waals surface area contributed by atoms with Gasteiger partial charge in [-0.25, -0.2) is 4.98 Å². The number of aromatic nitrogens is 2. The van der Waals surface area contributed by atoms with Crippen LogP contribution in [0.3, 0.4) is 0 Å². The molecule has 0 bridgehead atoms. The fraction of sp³-hybridized carbons (Fsp3) is 0.227. The summed E-state index contributed by atoms with van der Waals surface area (Å²) < 4.78 is 0. The fourth-order valence-electron chi connectivity index (χ4n) is 2.59. The molecular weight excluding hydrogens is 336 g/mol. The summed E-state index contributed by atoms with van der Waals surface area (Å²) in [6.07, 6.45) is 5.24. The Bertz CT molecular complexity index is 882. The maximum Gasteiger partial charge on any atom is 0.256 e. The van der Waals surface area contributed by atoms with Crippen molar-refractivity contribution in [2.45, 2.75) is 32.7 Å². The van der Waals surface area contributed by atoms with E-state index in [2.05, 4.69) is 41.4 Å². The van der Waals surface area contributed by atoms with Crippen molar-refractivity contribution in [3.8, 4) is 0 Å². The summed E-state index contributed by atoms with van der Waals surface area (Å²) in [7, 11) is 0. The van der Waals surface area contributed by atoms with Crippen molar-refractivity contribution in [1.82, 2.24) is 9.97 Å². The van der Waals surface area contributed by atoms with Crippen LogP contribution in [-0.4, -0.2) is 15.9 Å². The Labute approximate surface area is 159 Å². The average molecular weight is 360 g/mol. The third-order valence-corrected chi connectivity index (χ3v) is 4.26. The van der Waals surface area contributed by atoms with Crippen LogP contribution in [0.25, 0.3) is 0 Å². The number of carbonyl (C=O) groups is 1. The van der Waals surface area contributed by atoms with E-state index in [9.17, 15) is 4.79 Å². The highest BCUT2D eigenvalue weighted by molar-refractivity contribution is 6.03. The second-order valence-corrected chi connectivity index (χ2v) is 7.42. The van der Waals surface area contributed by atoms with Crippen molar-refractivity contribution < 1.29 is 4.79 Å². The van der Waals surface area contributed by atoms with Crippen molar-refractivity contribution >= 4 is 17.4 Å². The minimum Gasteiger partial charge on any atom is -0.380 e. The molecule has 0 unspecified atom stereocenters. The molecule has 0 atom stereocenters. The van der Waals surface area contributed by atoms with Crippen molar-refractivity contribution in [2.24, 2.45) is 0 Å². The van der Waals surface area contributed by atoms with Gasteiger partial charge in [-0.3, -0.25) is 9.78 Å². The van der Waals surface area contributed by atoms with Crippen LogP contribution in [0, 0.1) is 0 Å². The number of benzene rings is 1. The number of amides is 1. The zero-order valence-electron chi connectivity index (χ0n) is 15.9. The number of nitrogens with one attached hydrogen (secondary N) is 2. The summed E-state index contributed by atoms with van der Waals surface area (Å²) >= 11 is 0. The quantitative estimate of drug-likeness (QED) is 0.696. The molecule has 0 aliphatic heterocycles. The minimum atomic E-state index is -0.166. The molecule has 5 nitrogen and oxygen atoms in total. The third kappa shape index (κ3) is 5.14. The van der Waals surface area contributed by atoms with Crippen molar-refractivity contribution in [1.29, 1.82) is 0 Å². The normalized spacial score (nSPS) is 11.1. The maximum absolute atomic E-state index is 12.4. The lowest BCUT2D eigenvalue weighted by Gasteiger charge is -2.19. The van der Waals surface area contributed by atoms with Crippen molar-refractivity contribution in [3.63, 3.8) is 0 Å². The lowest BCUT2D eigenvalue weighted by atomic mass is 9.87. The van der Waals surface area contributed by atoms with Crippen molar-refractivity contribution in [3.05, 3.63) is 83.8 Å². The molecule has 0 aliphatic rings. The predicted octanol–water partition coefficient (Wildman–Crippen LogP) is 4.64. The van der Waals surface area contributed by atoms with Gasteiger partial charge < -0.3 is 10.6 Å². The monoisotopic (exact) mass is 360 g/mol. The molecular formula is C22H24N4O. The Balaban J connectivity index is 1.58. The second kappa shape index (κ2) is 7.99. The summed E-state index contributed by atoms with van der Waals surface area (Å²) in [4.78, 5) is 20.7. The van der Waals surface area contributed by atoms with Gasteiger partial charge in [-0.15, -0.1) is 0 Å². The van der Waals surface area contributed by atoms with Gasteiger partial charge in [0.1, 0.15) is 5.82 Å². The van der Waals surface area contributed by atoms with Gasteiger partial charge in [0.2, 0.25) is 0 Å². The Kier molecular flexibility index (Phi) is 5.50. The zero-order valence-corrected chi connectivity index (χ0v) is 15.9. The number of rotatable bonds is 5. The number of pyridine rings is 2. The first-order chi connectivity index (χ1) is 12.9. The third-order valence-electron chi connectivity index (χ3n) is 4.26. The van der Waals surface area contributed by atoms with E-state index >= 15 is 0 Å². The molecule has 0 radical (unpaired) electrons. The largest absolute Gasteiger partial charge is 0.380 e. The van der Waals surface area contributed by atoms with Gasteiger partial charge in [0.25, 0.3) is 5.91 Å². The van der Waals surface area contributed by atoms with Crippen LogP contribution in [0.1, 0.15) is 42.3 Å². The highest BCUT2D eigenvalue weighted by Crippen LogP contribution is 2.22. The average Bonchev–Trinajstić information content (AvgIpc) is 2.68. The number of hydrogen-bond acceptors (Lipinski definition) is 4. The number of nitrogens with zero attached hydrogens (tertiary/aromatic N) is 2. The predicted molar refractivity (Wildman–Crippen MR) is 109 cm³/mol. The van der Waals surface area contributed by atoms with Gasteiger partial charge in [0.15, 0.2) is 0 Å². The van der Waals surface area contributed by atoms with E-state index in [0.29, 0.717) is 17.9 Å². The van der Waals surface area contributed by atoms with E-state index in [0.717, 1.165) is 11.3 Å². The SMILES string of the molecule is CC(C)(C)c1ccc(C(=O)Nc2ccc(NCc3ccncc3)cn2)cc1. The molecule has 27 heavy (non-hydrogen) atoms. The number of hydrogen-bond donors (Lipinski definition) is 2. The fourth-order valence-corrected chi connectivity index (χ4v) is 2.59. The van der Waals surface area contributed by atoms with Crippen molar-refractivity contribution in [2.75, 3.05) is 10.6 Å². The molecule has 0 fully saturated rings. The minimum absolute atomic E-state index is 0.0651. The van der Waals surface area contributed by atoms with Gasteiger partial charge in [0, 0.05) is 24.5 Å². The van der Waals surface area contributed by atoms with Crippen LogP contribution < -0.4 is 10.6 Å². The molecule has 138 valence electrons. The molecule has 2 aromatic heterocycles. The molecule has 5 heteroatoms. The lowest BCUT2D eigenvalue weighted by molar-refractivity contribution is 0.102. The molecule has 2 N–H and O–H groups in total. The summed E-state index contributed by atoms with van der Waals surface area (Å²) in [6, 6.07) is 15.3. The summed E-state index contributed by atoms with van der Waals surface area (Å²) in [5.41, 5.74) is 3.90. The van der Waals surface area contributed by atoms with Crippen LogP contribution in [-0.2, 0) is 12.0 Å². The summed E-state index contributed by atoms with van der Waals surface area (Å²) in [6.45, 7) is 7.14. The van der Waals surface area contributed by atoms with E-state index in [1.807, 2.05) is 42.5 Å². The standard InChI is InChI=1S/C22H24N4O/c1-22(2,3)18-6-4-17(5-7-18)21(27)26-20-9-8-19(15-25-20)24-14-16-10-12-23-13-11-16/h4-13,15,24H,14H2,1-3H3,(H,25,26,27). The first-order valence-electron chi connectivity index (χ1n) is 8.92. The van der Waals surface area contributed by atoms with Gasteiger partial charge in [-0.2, -0.15) is 0 Å². The van der Waals surface area contributed by atoms with Crippen LogP contribution in [0.5, 0.6) is 0 Å². The topological polar surface area (TPSA) is 66.9 Å². The molecule has 3 aromatic rings. The number of anilines is 2. The first kappa shape index (κ1) is 18.6. The molecule has 1 amide bonds.